The fraction of sp³-hybridized carbons (Fsp3) is 0.625. The van der Waals surface area contributed by atoms with Gasteiger partial charge in [-0.15, -0.1) is 0 Å². The molecule has 1 aromatic carbocycles. The first-order valence-electron chi connectivity index (χ1n) is 7.24. The van der Waals surface area contributed by atoms with Crippen LogP contribution in [-0.2, 0) is 0 Å². The summed E-state index contributed by atoms with van der Waals surface area (Å²) in [5, 5.41) is 3.88. The molecular weight excluding hydrogens is 206 g/mol. The summed E-state index contributed by atoms with van der Waals surface area (Å²) in [7, 11) is 0. The Morgan fingerprint density at radius 3 is 2.35 bits per heavy atom. The fourth-order valence-corrected chi connectivity index (χ4v) is 3.63. The summed E-state index contributed by atoms with van der Waals surface area (Å²) < 4.78 is 0. The van der Waals surface area contributed by atoms with E-state index >= 15 is 0 Å². The number of hydrogen-bond acceptors (Lipinski definition) is 1. The van der Waals surface area contributed by atoms with Gasteiger partial charge in [0, 0.05) is 12.1 Å². The third-order valence-electron chi connectivity index (χ3n) is 4.60. The molecule has 1 N–H and O–H groups in total. The van der Waals surface area contributed by atoms with Crippen LogP contribution in [0.5, 0.6) is 0 Å². The topological polar surface area (TPSA) is 12.0 Å². The normalized spacial score (nSPS) is 30.6. The maximum Gasteiger partial charge on any atom is 0.0323 e. The lowest BCUT2D eigenvalue weighted by Crippen LogP contribution is -2.33. The summed E-state index contributed by atoms with van der Waals surface area (Å²) in [6, 6.07) is 12.4. The molecule has 1 saturated carbocycles. The van der Waals surface area contributed by atoms with Gasteiger partial charge < -0.3 is 5.32 Å². The van der Waals surface area contributed by atoms with Gasteiger partial charge in [-0.05, 0) is 37.2 Å². The Labute approximate surface area is 105 Å². The summed E-state index contributed by atoms with van der Waals surface area (Å²) >= 11 is 0. The molecule has 92 valence electrons. The van der Waals surface area contributed by atoms with Gasteiger partial charge in [0.1, 0.15) is 0 Å². The second kappa shape index (κ2) is 5.22. The molecule has 1 heteroatoms. The second-order valence-corrected chi connectivity index (χ2v) is 5.71. The minimum absolute atomic E-state index is 0.614. The van der Waals surface area contributed by atoms with Crippen LogP contribution >= 0.6 is 0 Å². The molecule has 1 aromatic rings. The van der Waals surface area contributed by atoms with Crippen molar-refractivity contribution in [1.82, 2.24) is 5.32 Å². The Hall–Kier alpha value is -0.820. The van der Waals surface area contributed by atoms with Crippen molar-refractivity contribution in [3.8, 4) is 0 Å². The van der Waals surface area contributed by atoms with Crippen molar-refractivity contribution in [1.29, 1.82) is 0 Å². The molecule has 0 radical (unpaired) electrons. The molecule has 0 bridgehead atoms. The quantitative estimate of drug-likeness (QED) is 0.806. The molecule has 1 aliphatic carbocycles. The Morgan fingerprint density at radius 1 is 0.824 bits per heavy atom. The molecule has 1 nitrogen and oxygen atoms in total. The highest BCUT2D eigenvalue weighted by molar-refractivity contribution is 5.20. The second-order valence-electron chi connectivity index (χ2n) is 5.71. The van der Waals surface area contributed by atoms with Crippen LogP contribution in [0.25, 0.3) is 0 Å². The summed E-state index contributed by atoms with van der Waals surface area (Å²) in [6.07, 6.45) is 10.00. The van der Waals surface area contributed by atoms with Gasteiger partial charge in [0.2, 0.25) is 0 Å². The van der Waals surface area contributed by atoms with E-state index in [9.17, 15) is 0 Å². The van der Waals surface area contributed by atoms with Crippen LogP contribution in [-0.4, -0.2) is 6.04 Å². The van der Waals surface area contributed by atoms with Gasteiger partial charge in [-0.25, -0.2) is 0 Å². The largest absolute Gasteiger partial charge is 0.307 e. The Morgan fingerprint density at radius 2 is 1.59 bits per heavy atom. The van der Waals surface area contributed by atoms with Gasteiger partial charge in [-0.2, -0.15) is 0 Å². The van der Waals surface area contributed by atoms with Crippen LogP contribution in [0.2, 0.25) is 0 Å². The molecule has 3 rings (SSSR count). The molecule has 1 saturated heterocycles. The first-order valence-corrected chi connectivity index (χ1v) is 7.24. The summed E-state index contributed by atoms with van der Waals surface area (Å²) in [4.78, 5) is 0. The first kappa shape index (κ1) is 11.3. The predicted molar refractivity (Wildman–Crippen MR) is 71.9 cm³/mol. The molecule has 1 aliphatic heterocycles. The lowest BCUT2D eigenvalue weighted by Gasteiger charge is -2.28. The summed E-state index contributed by atoms with van der Waals surface area (Å²) in [5.41, 5.74) is 1.48. The van der Waals surface area contributed by atoms with Gasteiger partial charge in [0.25, 0.3) is 0 Å². The Balaban J connectivity index is 1.61. The van der Waals surface area contributed by atoms with E-state index in [0.717, 1.165) is 12.0 Å². The molecule has 2 fully saturated rings. The predicted octanol–water partition coefficient (Wildman–Crippen LogP) is 4.06. The molecule has 0 unspecified atom stereocenters. The maximum absolute atomic E-state index is 3.88. The van der Waals surface area contributed by atoms with Crippen LogP contribution in [0.15, 0.2) is 30.3 Å². The molecule has 1 heterocycles. The van der Waals surface area contributed by atoms with E-state index in [1.54, 1.807) is 0 Å². The zero-order valence-corrected chi connectivity index (χ0v) is 10.6. The van der Waals surface area contributed by atoms with E-state index in [1.807, 2.05) is 0 Å². The van der Waals surface area contributed by atoms with Crippen LogP contribution in [0.3, 0.4) is 0 Å². The monoisotopic (exact) mass is 229 g/mol. The molecule has 17 heavy (non-hydrogen) atoms. The van der Waals surface area contributed by atoms with Crippen molar-refractivity contribution >= 4 is 0 Å². The van der Waals surface area contributed by atoms with Gasteiger partial charge >= 0.3 is 0 Å². The van der Waals surface area contributed by atoms with Crippen molar-refractivity contribution in [2.45, 2.75) is 57.0 Å². The van der Waals surface area contributed by atoms with Crippen LogP contribution < -0.4 is 5.32 Å². The average molecular weight is 229 g/mol. The maximum atomic E-state index is 3.88. The zero-order valence-electron chi connectivity index (χ0n) is 10.6. The van der Waals surface area contributed by atoms with Crippen molar-refractivity contribution in [2.75, 3.05) is 0 Å². The third kappa shape index (κ3) is 2.55. The van der Waals surface area contributed by atoms with E-state index in [-0.39, 0.29) is 0 Å². The SMILES string of the molecule is c1ccc([C@@H]2CC[C@@H](C3CCCCC3)N2)cc1. The van der Waals surface area contributed by atoms with E-state index in [2.05, 4.69) is 35.6 Å². The number of nitrogens with one attached hydrogen (secondary N) is 1. The summed E-state index contributed by atoms with van der Waals surface area (Å²) in [5.74, 6) is 0.956. The number of benzene rings is 1. The summed E-state index contributed by atoms with van der Waals surface area (Å²) in [6.45, 7) is 0. The van der Waals surface area contributed by atoms with Crippen LogP contribution in [0, 0.1) is 5.92 Å². The number of rotatable bonds is 2. The van der Waals surface area contributed by atoms with Crippen molar-refractivity contribution in [3.05, 3.63) is 35.9 Å². The first-order chi connectivity index (χ1) is 8.43. The number of hydrogen-bond donors (Lipinski definition) is 1. The van der Waals surface area contributed by atoms with E-state index < -0.39 is 0 Å². The van der Waals surface area contributed by atoms with Gasteiger partial charge in [0.05, 0.1) is 0 Å². The minimum Gasteiger partial charge on any atom is -0.307 e. The highest BCUT2D eigenvalue weighted by Gasteiger charge is 2.31. The van der Waals surface area contributed by atoms with E-state index in [1.165, 1.54) is 50.5 Å². The van der Waals surface area contributed by atoms with Crippen molar-refractivity contribution < 1.29 is 0 Å². The fourth-order valence-electron chi connectivity index (χ4n) is 3.63. The van der Waals surface area contributed by atoms with E-state index in [0.29, 0.717) is 6.04 Å². The van der Waals surface area contributed by atoms with Crippen LogP contribution in [0.1, 0.15) is 56.6 Å². The molecule has 0 spiro atoms. The zero-order chi connectivity index (χ0) is 11.5. The molecular formula is C16H23N. The molecule has 2 atom stereocenters. The third-order valence-corrected chi connectivity index (χ3v) is 4.60. The Bertz CT molecular complexity index is 340. The van der Waals surface area contributed by atoms with Crippen molar-refractivity contribution in [3.63, 3.8) is 0 Å². The lowest BCUT2D eigenvalue weighted by molar-refractivity contribution is 0.282. The molecule has 0 aromatic heterocycles. The Kier molecular flexibility index (Phi) is 3.46. The highest BCUT2D eigenvalue weighted by Crippen LogP contribution is 2.35. The smallest absolute Gasteiger partial charge is 0.0323 e. The van der Waals surface area contributed by atoms with Gasteiger partial charge in [-0.1, -0.05) is 49.6 Å². The standard InChI is InChI=1S/C16H23N/c1-3-7-13(8-4-1)15-11-12-16(17-15)14-9-5-2-6-10-14/h1,3-4,7-8,14-17H,2,5-6,9-12H2/t15-,16-/m0/s1. The highest BCUT2D eigenvalue weighted by atomic mass is 15.0. The van der Waals surface area contributed by atoms with Crippen LogP contribution in [0.4, 0.5) is 0 Å². The minimum atomic E-state index is 0.614. The van der Waals surface area contributed by atoms with Gasteiger partial charge in [-0.3, -0.25) is 0 Å². The molecule has 2 aliphatic rings. The van der Waals surface area contributed by atoms with E-state index in [4.69, 9.17) is 0 Å². The van der Waals surface area contributed by atoms with Gasteiger partial charge in [0.15, 0.2) is 0 Å². The lowest BCUT2D eigenvalue weighted by atomic mass is 9.83. The molecule has 0 amide bonds. The average Bonchev–Trinajstić information content (AvgIpc) is 2.90. The van der Waals surface area contributed by atoms with Crippen molar-refractivity contribution in [2.24, 2.45) is 5.92 Å².